The van der Waals surface area contributed by atoms with Crippen LogP contribution in [0.2, 0.25) is 0 Å². The van der Waals surface area contributed by atoms with E-state index in [-0.39, 0.29) is 0 Å². The van der Waals surface area contributed by atoms with Crippen molar-refractivity contribution in [3.63, 3.8) is 0 Å². The summed E-state index contributed by atoms with van der Waals surface area (Å²) in [5.74, 6) is 3.52. The van der Waals surface area contributed by atoms with Gasteiger partial charge in [-0.2, -0.15) is 0 Å². The minimum atomic E-state index is 0.626. The van der Waals surface area contributed by atoms with E-state index in [1.807, 2.05) is 0 Å². The van der Waals surface area contributed by atoms with Crippen LogP contribution in [0.5, 0.6) is 0 Å². The number of imidazole rings is 1. The Morgan fingerprint density at radius 1 is 1.20 bits per heavy atom. The normalized spacial score (nSPS) is 15.2. The second-order valence-electron chi connectivity index (χ2n) is 6.74. The van der Waals surface area contributed by atoms with Gasteiger partial charge in [-0.25, -0.2) is 4.98 Å². The molecule has 1 fully saturated rings. The molecular weight excluding hydrogens is 246 g/mol. The molecule has 3 heteroatoms. The highest BCUT2D eigenvalue weighted by Gasteiger charge is 2.30. The maximum atomic E-state index is 6.36. The minimum absolute atomic E-state index is 0.626. The largest absolute Gasteiger partial charge is 0.384 e. The predicted molar refractivity (Wildman–Crippen MR) is 85.9 cm³/mol. The molecule has 0 aromatic carbocycles. The van der Waals surface area contributed by atoms with Gasteiger partial charge in [0.15, 0.2) is 0 Å². The Bertz CT molecular complexity index is 416. The lowest BCUT2D eigenvalue weighted by Gasteiger charge is -2.11. The van der Waals surface area contributed by atoms with Crippen molar-refractivity contribution in [2.45, 2.75) is 84.6 Å². The molecule has 1 saturated carbocycles. The van der Waals surface area contributed by atoms with Gasteiger partial charge in [0.25, 0.3) is 0 Å². The maximum absolute atomic E-state index is 6.36. The average molecular weight is 277 g/mol. The molecule has 2 rings (SSSR count). The van der Waals surface area contributed by atoms with Gasteiger partial charge in [0.2, 0.25) is 0 Å². The quantitative estimate of drug-likeness (QED) is 0.675. The van der Waals surface area contributed by atoms with Crippen molar-refractivity contribution in [2.24, 2.45) is 5.92 Å². The van der Waals surface area contributed by atoms with Gasteiger partial charge in [-0.1, -0.05) is 46.5 Å². The van der Waals surface area contributed by atoms with Crippen LogP contribution in [0.1, 0.15) is 83.2 Å². The summed E-state index contributed by atoms with van der Waals surface area (Å²) in [5.41, 5.74) is 7.52. The van der Waals surface area contributed by atoms with Crippen molar-refractivity contribution >= 4 is 5.82 Å². The molecule has 2 N–H and O–H groups in total. The van der Waals surface area contributed by atoms with Crippen LogP contribution < -0.4 is 5.73 Å². The standard InChI is InChI=1S/C17H31N3/c1-4-5-6-7-8-9-15-16(18)20(12-13(2)3)17(19-15)14-10-11-14/h13-14H,4-12,18H2,1-3H3. The number of aryl methyl sites for hydroxylation is 1. The van der Waals surface area contributed by atoms with Crippen LogP contribution >= 0.6 is 0 Å². The molecule has 1 aromatic rings. The third-order valence-electron chi connectivity index (χ3n) is 4.12. The first kappa shape index (κ1) is 15.4. The Kier molecular flexibility index (Phi) is 5.50. The number of hydrogen-bond donors (Lipinski definition) is 1. The zero-order valence-corrected chi connectivity index (χ0v) is 13.5. The SMILES string of the molecule is CCCCCCCc1nc(C2CC2)n(CC(C)C)c1N. The molecule has 0 spiro atoms. The van der Waals surface area contributed by atoms with Crippen LogP contribution in [-0.4, -0.2) is 9.55 Å². The Hall–Kier alpha value is -0.990. The van der Waals surface area contributed by atoms with Crippen LogP contribution in [-0.2, 0) is 13.0 Å². The van der Waals surface area contributed by atoms with E-state index in [1.54, 1.807) is 0 Å². The average Bonchev–Trinajstić information content (AvgIpc) is 3.19. The molecule has 1 aromatic heterocycles. The van der Waals surface area contributed by atoms with Crippen molar-refractivity contribution in [3.05, 3.63) is 11.5 Å². The Morgan fingerprint density at radius 3 is 2.50 bits per heavy atom. The second-order valence-corrected chi connectivity index (χ2v) is 6.74. The van der Waals surface area contributed by atoms with Crippen molar-refractivity contribution in [2.75, 3.05) is 5.73 Å². The van der Waals surface area contributed by atoms with E-state index in [4.69, 9.17) is 10.7 Å². The van der Waals surface area contributed by atoms with Crippen LogP contribution in [0.15, 0.2) is 0 Å². The van der Waals surface area contributed by atoms with E-state index in [0.29, 0.717) is 11.8 Å². The summed E-state index contributed by atoms with van der Waals surface area (Å²) in [7, 11) is 0. The van der Waals surface area contributed by atoms with Crippen molar-refractivity contribution in [3.8, 4) is 0 Å². The third kappa shape index (κ3) is 4.00. The zero-order chi connectivity index (χ0) is 14.5. The molecule has 0 saturated heterocycles. The fraction of sp³-hybridized carbons (Fsp3) is 0.824. The number of nitrogen functional groups attached to an aromatic ring is 1. The second kappa shape index (κ2) is 7.14. The van der Waals surface area contributed by atoms with Crippen molar-refractivity contribution < 1.29 is 0 Å². The van der Waals surface area contributed by atoms with E-state index in [1.165, 1.54) is 50.8 Å². The first-order valence-corrected chi connectivity index (χ1v) is 8.48. The summed E-state index contributed by atoms with van der Waals surface area (Å²) in [6.07, 6.45) is 10.2. The Labute approximate surface area is 124 Å². The molecule has 0 aliphatic heterocycles. The zero-order valence-electron chi connectivity index (χ0n) is 13.5. The summed E-state index contributed by atoms with van der Waals surface area (Å²) in [6, 6.07) is 0. The minimum Gasteiger partial charge on any atom is -0.384 e. The summed E-state index contributed by atoms with van der Waals surface area (Å²) in [6.45, 7) is 7.77. The van der Waals surface area contributed by atoms with Gasteiger partial charge < -0.3 is 10.3 Å². The van der Waals surface area contributed by atoms with E-state index in [9.17, 15) is 0 Å². The van der Waals surface area contributed by atoms with Gasteiger partial charge in [-0.15, -0.1) is 0 Å². The third-order valence-corrected chi connectivity index (χ3v) is 4.12. The first-order chi connectivity index (χ1) is 9.63. The number of unbranched alkanes of at least 4 members (excludes halogenated alkanes) is 4. The molecule has 0 atom stereocenters. The van der Waals surface area contributed by atoms with Gasteiger partial charge in [0, 0.05) is 12.5 Å². The summed E-state index contributed by atoms with van der Waals surface area (Å²) < 4.78 is 2.30. The molecular formula is C17H31N3. The number of hydrogen-bond acceptors (Lipinski definition) is 2. The Morgan fingerprint density at radius 2 is 1.90 bits per heavy atom. The lowest BCUT2D eigenvalue weighted by Crippen LogP contribution is -2.11. The van der Waals surface area contributed by atoms with Crippen LogP contribution in [0.4, 0.5) is 5.82 Å². The van der Waals surface area contributed by atoms with Crippen LogP contribution in [0.25, 0.3) is 0 Å². The molecule has 1 aliphatic carbocycles. The molecule has 0 unspecified atom stereocenters. The fourth-order valence-electron chi connectivity index (χ4n) is 2.83. The van der Waals surface area contributed by atoms with Crippen LogP contribution in [0, 0.1) is 5.92 Å². The van der Waals surface area contributed by atoms with Gasteiger partial charge >= 0.3 is 0 Å². The maximum Gasteiger partial charge on any atom is 0.126 e. The summed E-state index contributed by atoms with van der Waals surface area (Å²) >= 11 is 0. The fourth-order valence-corrected chi connectivity index (χ4v) is 2.83. The predicted octanol–water partition coefficient (Wildman–Crippen LogP) is 4.51. The summed E-state index contributed by atoms with van der Waals surface area (Å²) in [4.78, 5) is 4.88. The number of anilines is 1. The van der Waals surface area contributed by atoms with Gasteiger partial charge in [0.1, 0.15) is 11.6 Å². The first-order valence-electron chi connectivity index (χ1n) is 8.48. The van der Waals surface area contributed by atoms with E-state index in [0.717, 1.165) is 24.5 Å². The molecule has 3 nitrogen and oxygen atoms in total. The molecule has 1 aliphatic rings. The van der Waals surface area contributed by atoms with E-state index < -0.39 is 0 Å². The number of aromatic nitrogens is 2. The monoisotopic (exact) mass is 277 g/mol. The highest BCUT2D eigenvalue weighted by Crippen LogP contribution is 2.41. The van der Waals surface area contributed by atoms with E-state index >= 15 is 0 Å². The lowest BCUT2D eigenvalue weighted by molar-refractivity contribution is 0.511. The lowest BCUT2D eigenvalue weighted by atomic mass is 10.1. The van der Waals surface area contributed by atoms with Gasteiger partial charge in [-0.05, 0) is 31.6 Å². The molecule has 0 amide bonds. The smallest absolute Gasteiger partial charge is 0.126 e. The van der Waals surface area contributed by atoms with Gasteiger partial charge in [-0.3, -0.25) is 0 Å². The number of nitrogens with two attached hydrogens (primary N) is 1. The van der Waals surface area contributed by atoms with Crippen molar-refractivity contribution in [1.82, 2.24) is 9.55 Å². The molecule has 1 heterocycles. The molecule has 0 radical (unpaired) electrons. The van der Waals surface area contributed by atoms with Gasteiger partial charge in [0.05, 0.1) is 5.69 Å². The highest BCUT2D eigenvalue weighted by atomic mass is 15.2. The summed E-state index contributed by atoms with van der Waals surface area (Å²) in [5, 5.41) is 0. The topological polar surface area (TPSA) is 43.8 Å². The molecule has 0 bridgehead atoms. The number of rotatable bonds is 9. The van der Waals surface area contributed by atoms with Crippen LogP contribution in [0.3, 0.4) is 0 Å². The van der Waals surface area contributed by atoms with E-state index in [2.05, 4.69) is 25.3 Å². The Balaban J connectivity index is 1.98. The number of nitrogens with zero attached hydrogens (tertiary/aromatic N) is 2. The molecule has 114 valence electrons. The molecule has 20 heavy (non-hydrogen) atoms. The van der Waals surface area contributed by atoms with Crippen molar-refractivity contribution in [1.29, 1.82) is 0 Å². The highest BCUT2D eigenvalue weighted by molar-refractivity contribution is 5.40.